The van der Waals surface area contributed by atoms with Gasteiger partial charge in [-0.05, 0) is 19.3 Å². The van der Waals surface area contributed by atoms with E-state index in [1.165, 1.54) is 0 Å². The number of aryl methyl sites for hydroxylation is 1. The van der Waals surface area contributed by atoms with E-state index in [0.717, 1.165) is 43.9 Å². The minimum Gasteiger partial charge on any atom is -0.493 e. The van der Waals surface area contributed by atoms with Crippen LogP contribution in [0.15, 0.2) is 6.20 Å². The van der Waals surface area contributed by atoms with Crippen LogP contribution < -0.4 is 10.5 Å². The first kappa shape index (κ1) is 14.0. The molecule has 0 amide bonds. The molecule has 0 aromatic carbocycles. The third-order valence-corrected chi connectivity index (χ3v) is 2.72. The second-order valence-electron chi connectivity index (χ2n) is 4.06. The molecule has 17 heavy (non-hydrogen) atoms. The Balaban J connectivity index is 2.73. The molecule has 1 rings (SSSR count). The lowest BCUT2D eigenvalue weighted by molar-refractivity contribution is 0.190. The summed E-state index contributed by atoms with van der Waals surface area (Å²) in [6.07, 6.45) is 4.58. The predicted octanol–water partition coefficient (Wildman–Crippen LogP) is 1.73. The Morgan fingerprint density at radius 2 is 2.24 bits per heavy atom. The average Bonchev–Trinajstić information content (AvgIpc) is 2.73. The molecule has 5 nitrogen and oxygen atoms in total. The molecule has 0 spiro atoms. The summed E-state index contributed by atoms with van der Waals surface area (Å²) in [5.74, 6) is 0.781. The summed E-state index contributed by atoms with van der Waals surface area (Å²) in [7, 11) is 3.35. The van der Waals surface area contributed by atoms with Gasteiger partial charge in [-0.2, -0.15) is 5.10 Å². The van der Waals surface area contributed by atoms with E-state index in [1.54, 1.807) is 20.4 Å². The first-order valence-corrected chi connectivity index (χ1v) is 6.08. The SMILES string of the molecule is CCCn1ncc(OC)c1C(N)CCCOC. The maximum atomic E-state index is 6.19. The summed E-state index contributed by atoms with van der Waals surface area (Å²) in [6, 6.07) is -0.0471. The lowest BCUT2D eigenvalue weighted by atomic mass is 10.1. The van der Waals surface area contributed by atoms with Gasteiger partial charge in [0, 0.05) is 20.3 Å². The van der Waals surface area contributed by atoms with Gasteiger partial charge in [0.15, 0.2) is 5.75 Å². The molecule has 0 bridgehead atoms. The van der Waals surface area contributed by atoms with Gasteiger partial charge < -0.3 is 15.2 Å². The van der Waals surface area contributed by atoms with Crippen molar-refractivity contribution in [1.29, 1.82) is 0 Å². The number of ether oxygens (including phenoxy) is 2. The molecule has 0 saturated carbocycles. The Hall–Kier alpha value is -1.07. The molecule has 0 aliphatic heterocycles. The zero-order valence-electron chi connectivity index (χ0n) is 11.0. The Morgan fingerprint density at radius 1 is 1.47 bits per heavy atom. The van der Waals surface area contributed by atoms with E-state index < -0.39 is 0 Å². The maximum Gasteiger partial charge on any atom is 0.161 e. The molecule has 1 aromatic rings. The van der Waals surface area contributed by atoms with Crippen molar-refractivity contribution in [2.24, 2.45) is 5.73 Å². The lowest BCUT2D eigenvalue weighted by Gasteiger charge is -2.15. The van der Waals surface area contributed by atoms with Crippen molar-refractivity contribution in [3.8, 4) is 5.75 Å². The second-order valence-corrected chi connectivity index (χ2v) is 4.06. The highest BCUT2D eigenvalue weighted by atomic mass is 16.5. The van der Waals surface area contributed by atoms with Crippen molar-refractivity contribution in [2.45, 2.75) is 38.8 Å². The summed E-state index contributed by atoms with van der Waals surface area (Å²) < 4.78 is 12.3. The number of nitrogens with two attached hydrogens (primary N) is 1. The van der Waals surface area contributed by atoms with Crippen LogP contribution in [0.2, 0.25) is 0 Å². The molecule has 0 fully saturated rings. The van der Waals surface area contributed by atoms with Crippen molar-refractivity contribution in [3.05, 3.63) is 11.9 Å². The van der Waals surface area contributed by atoms with Crippen molar-refractivity contribution >= 4 is 0 Å². The topological polar surface area (TPSA) is 62.3 Å². The fourth-order valence-corrected chi connectivity index (χ4v) is 1.88. The highest BCUT2D eigenvalue weighted by Crippen LogP contribution is 2.26. The number of hydrogen-bond acceptors (Lipinski definition) is 4. The number of methoxy groups -OCH3 is 2. The van der Waals surface area contributed by atoms with Gasteiger partial charge in [0.05, 0.1) is 25.0 Å². The minimum atomic E-state index is -0.0471. The predicted molar refractivity (Wildman–Crippen MR) is 67.1 cm³/mol. The van der Waals surface area contributed by atoms with Gasteiger partial charge in [-0.25, -0.2) is 0 Å². The normalized spacial score (nSPS) is 12.7. The summed E-state index contributed by atoms with van der Waals surface area (Å²) in [5.41, 5.74) is 7.18. The van der Waals surface area contributed by atoms with E-state index in [9.17, 15) is 0 Å². The highest BCUT2D eigenvalue weighted by Gasteiger charge is 2.17. The van der Waals surface area contributed by atoms with E-state index in [-0.39, 0.29) is 6.04 Å². The first-order chi connectivity index (χ1) is 8.24. The van der Waals surface area contributed by atoms with E-state index in [1.807, 2.05) is 4.68 Å². The third kappa shape index (κ3) is 3.71. The molecule has 1 heterocycles. The summed E-state index contributed by atoms with van der Waals surface area (Å²) in [4.78, 5) is 0. The van der Waals surface area contributed by atoms with Crippen LogP contribution in [0.25, 0.3) is 0 Å². The van der Waals surface area contributed by atoms with Crippen molar-refractivity contribution in [1.82, 2.24) is 9.78 Å². The zero-order chi connectivity index (χ0) is 12.7. The molecule has 98 valence electrons. The Labute approximate surface area is 103 Å². The third-order valence-electron chi connectivity index (χ3n) is 2.72. The lowest BCUT2D eigenvalue weighted by Crippen LogP contribution is -2.17. The molecule has 1 unspecified atom stereocenters. The maximum absolute atomic E-state index is 6.19. The Bertz CT molecular complexity index is 326. The molecule has 0 radical (unpaired) electrons. The van der Waals surface area contributed by atoms with Gasteiger partial charge in [0.2, 0.25) is 0 Å². The van der Waals surface area contributed by atoms with Crippen LogP contribution in [0.1, 0.15) is 37.9 Å². The van der Waals surface area contributed by atoms with Crippen LogP contribution in [0.5, 0.6) is 5.75 Å². The fourth-order valence-electron chi connectivity index (χ4n) is 1.88. The van der Waals surface area contributed by atoms with E-state index >= 15 is 0 Å². The fraction of sp³-hybridized carbons (Fsp3) is 0.750. The Kier molecular flexibility index (Phi) is 6.00. The zero-order valence-corrected chi connectivity index (χ0v) is 11.0. The van der Waals surface area contributed by atoms with E-state index in [0.29, 0.717) is 0 Å². The standard InChI is InChI=1S/C12H23N3O2/c1-4-7-15-12(11(17-3)9-14-15)10(13)6-5-8-16-2/h9-10H,4-8,13H2,1-3H3. The van der Waals surface area contributed by atoms with Crippen LogP contribution in [0, 0.1) is 0 Å². The van der Waals surface area contributed by atoms with Gasteiger partial charge in [0.25, 0.3) is 0 Å². The number of rotatable bonds is 8. The number of nitrogens with zero attached hydrogens (tertiary/aromatic N) is 2. The van der Waals surface area contributed by atoms with Crippen LogP contribution in [0.4, 0.5) is 0 Å². The van der Waals surface area contributed by atoms with Crippen LogP contribution >= 0.6 is 0 Å². The van der Waals surface area contributed by atoms with Crippen molar-refractivity contribution < 1.29 is 9.47 Å². The molecule has 5 heteroatoms. The second kappa shape index (κ2) is 7.29. The van der Waals surface area contributed by atoms with Gasteiger partial charge in [-0.15, -0.1) is 0 Å². The molecular formula is C12H23N3O2. The van der Waals surface area contributed by atoms with Gasteiger partial charge >= 0.3 is 0 Å². The molecule has 2 N–H and O–H groups in total. The molecule has 0 saturated heterocycles. The van der Waals surface area contributed by atoms with Crippen LogP contribution in [-0.2, 0) is 11.3 Å². The minimum absolute atomic E-state index is 0.0471. The van der Waals surface area contributed by atoms with Crippen molar-refractivity contribution in [3.63, 3.8) is 0 Å². The van der Waals surface area contributed by atoms with E-state index in [4.69, 9.17) is 15.2 Å². The van der Waals surface area contributed by atoms with Gasteiger partial charge in [-0.3, -0.25) is 4.68 Å². The van der Waals surface area contributed by atoms with Crippen LogP contribution in [-0.4, -0.2) is 30.6 Å². The smallest absolute Gasteiger partial charge is 0.161 e. The monoisotopic (exact) mass is 241 g/mol. The first-order valence-electron chi connectivity index (χ1n) is 6.08. The highest BCUT2D eigenvalue weighted by molar-refractivity contribution is 5.28. The number of aromatic nitrogens is 2. The largest absolute Gasteiger partial charge is 0.493 e. The molecule has 1 atom stereocenters. The van der Waals surface area contributed by atoms with Gasteiger partial charge in [-0.1, -0.05) is 6.92 Å². The number of hydrogen-bond donors (Lipinski definition) is 1. The Morgan fingerprint density at radius 3 is 2.82 bits per heavy atom. The van der Waals surface area contributed by atoms with Crippen LogP contribution in [0.3, 0.4) is 0 Å². The molecule has 1 aromatic heterocycles. The van der Waals surface area contributed by atoms with Gasteiger partial charge in [0.1, 0.15) is 0 Å². The van der Waals surface area contributed by atoms with Crippen molar-refractivity contribution in [2.75, 3.05) is 20.8 Å². The summed E-state index contributed by atoms with van der Waals surface area (Å²) in [6.45, 7) is 3.73. The molecule has 0 aliphatic carbocycles. The average molecular weight is 241 g/mol. The van der Waals surface area contributed by atoms with E-state index in [2.05, 4.69) is 12.0 Å². The molecule has 0 aliphatic rings. The quantitative estimate of drug-likeness (QED) is 0.704. The molecular weight excluding hydrogens is 218 g/mol. The summed E-state index contributed by atoms with van der Waals surface area (Å²) in [5, 5.41) is 4.31. The summed E-state index contributed by atoms with van der Waals surface area (Å²) >= 11 is 0.